The summed E-state index contributed by atoms with van der Waals surface area (Å²) in [7, 11) is -4.07. The molecule has 8 nitrogen and oxygen atoms in total. The van der Waals surface area contributed by atoms with Crippen LogP contribution in [0.15, 0.2) is 52.6 Å². The predicted molar refractivity (Wildman–Crippen MR) is 89.0 cm³/mol. The number of nitriles is 1. The van der Waals surface area contributed by atoms with E-state index < -0.39 is 15.8 Å². The molecule has 3 aromatic rings. The van der Waals surface area contributed by atoms with Crippen molar-refractivity contribution in [3.63, 3.8) is 0 Å². The molecule has 2 aromatic carbocycles. The van der Waals surface area contributed by atoms with Crippen molar-refractivity contribution in [2.75, 3.05) is 4.72 Å². The number of H-pyrrole nitrogens is 1. The van der Waals surface area contributed by atoms with Gasteiger partial charge >= 0.3 is 0 Å². The van der Waals surface area contributed by atoms with Crippen molar-refractivity contribution in [1.82, 2.24) is 4.98 Å². The second-order valence-corrected chi connectivity index (χ2v) is 6.64. The fourth-order valence-electron chi connectivity index (χ4n) is 2.29. The summed E-state index contributed by atoms with van der Waals surface area (Å²) in [5.74, 6) is -0.854. The molecule has 0 atom stereocenters. The lowest BCUT2D eigenvalue weighted by Crippen LogP contribution is -2.13. The number of aromatic nitrogens is 1. The molecule has 10 heteroatoms. The molecule has 0 radical (unpaired) electrons. The van der Waals surface area contributed by atoms with E-state index in [9.17, 15) is 12.8 Å². The van der Waals surface area contributed by atoms with Gasteiger partial charge in [-0.1, -0.05) is 17.2 Å². The first-order valence-corrected chi connectivity index (χ1v) is 8.31. The third kappa shape index (κ3) is 3.10. The molecule has 0 amide bonds. The zero-order valence-electron chi connectivity index (χ0n) is 12.4. The molecule has 0 bridgehead atoms. The number of nitrogens with zero attached hydrogens (tertiary/aromatic N) is 4. The maximum atomic E-state index is 13.9. The molecule has 0 aliphatic carbocycles. The van der Waals surface area contributed by atoms with Gasteiger partial charge in [0.2, 0.25) is 0 Å². The number of anilines is 1. The summed E-state index contributed by atoms with van der Waals surface area (Å²) in [5, 5.41) is 12.5. The maximum Gasteiger partial charge on any atom is 0.264 e. The first-order chi connectivity index (χ1) is 11.9. The van der Waals surface area contributed by atoms with Gasteiger partial charge in [0, 0.05) is 27.7 Å². The fraction of sp³-hybridized carbons (Fsp3) is 0. The predicted octanol–water partition coefficient (Wildman–Crippen LogP) is 3.92. The molecule has 25 heavy (non-hydrogen) atoms. The Hall–Kier alpha value is -3.54. The van der Waals surface area contributed by atoms with Gasteiger partial charge in [-0.3, -0.25) is 4.72 Å². The standard InChI is InChI=1S/C15H9FN6O2S/c16-12-5-9(7-17)1-4-13(12)21-25(23,24)15-8-19-14-6-10(20-22-18)2-3-11(14)15/h1-6,8,19,21H. The SMILES string of the molecule is N#Cc1ccc(NS(=O)(=O)c2c[nH]c3cc(N=[N+]=[N-])ccc23)c(F)c1. The Morgan fingerprint density at radius 2 is 2.08 bits per heavy atom. The van der Waals surface area contributed by atoms with Crippen molar-refractivity contribution in [2.24, 2.45) is 5.11 Å². The largest absolute Gasteiger partial charge is 0.360 e. The van der Waals surface area contributed by atoms with Crippen LogP contribution in [0.3, 0.4) is 0 Å². The molecule has 0 fully saturated rings. The van der Waals surface area contributed by atoms with E-state index in [1.165, 1.54) is 36.5 Å². The molecular formula is C15H9FN6O2S. The lowest BCUT2D eigenvalue weighted by atomic mass is 10.2. The van der Waals surface area contributed by atoms with Crippen LogP contribution in [0.25, 0.3) is 21.3 Å². The number of aromatic amines is 1. The number of azide groups is 1. The van der Waals surface area contributed by atoms with Crippen LogP contribution in [0.2, 0.25) is 0 Å². The number of halogens is 1. The lowest BCUT2D eigenvalue weighted by molar-refractivity contribution is 0.599. The molecule has 1 heterocycles. The van der Waals surface area contributed by atoms with Crippen LogP contribution in [-0.4, -0.2) is 13.4 Å². The van der Waals surface area contributed by atoms with Gasteiger partial charge in [-0.25, -0.2) is 12.8 Å². The van der Waals surface area contributed by atoms with Crippen LogP contribution in [0, 0.1) is 17.1 Å². The minimum atomic E-state index is -4.07. The van der Waals surface area contributed by atoms with Crippen LogP contribution in [0.4, 0.5) is 15.8 Å². The molecule has 0 aliphatic rings. The minimum Gasteiger partial charge on any atom is -0.360 e. The van der Waals surface area contributed by atoms with Gasteiger partial charge in [-0.15, -0.1) is 0 Å². The first-order valence-electron chi connectivity index (χ1n) is 6.83. The van der Waals surface area contributed by atoms with Crippen LogP contribution in [-0.2, 0) is 10.0 Å². The Morgan fingerprint density at radius 3 is 2.76 bits per heavy atom. The quantitative estimate of drug-likeness (QED) is 0.416. The van der Waals surface area contributed by atoms with Crippen LogP contribution < -0.4 is 4.72 Å². The van der Waals surface area contributed by atoms with Crippen molar-refractivity contribution in [1.29, 1.82) is 5.26 Å². The normalized spacial score (nSPS) is 10.9. The summed E-state index contributed by atoms with van der Waals surface area (Å²) >= 11 is 0. The highest BCUT2D eigenvalue weighted by atomic mass is 32.2. The van der Waals surface area contributed by atoms with Crippen LogP contribution >= 0.6 is 0 Å². The molecular weight excluding hydrogens is 347 g/mol. The summed E-state index contributed by atoms with van der Waals surface area (Å²) in [6.45, 7) is 0. The van der Waals surface area contributed by atoms with Crippen molar-refractivity contribution >= 4 is 32.3 Å². The molecule has 3 rings (SSSR count). The van der Waals surface area contributed by atoms with Gasteiger partial charge in [0.25, 0.3) is 10.0 Å². The molecule has 0 aliphatic heterocycles. The summed E-state index contributed by atoms with van der Waals surface area (Å²) in [4.78, 5) is 5.35. The summed E-state index contributed by atoms with van der Waals surface area (Å²) in [5.41, 5.74) is 9.03. The number of benzene rings is 2. The zero-order valence-corrected chi connectivity index (χ0v) is 13.2. The average Bonchev–Trinajstić information content (AvgIpc) is 3.01. The molecule has 0 unspecified atom stereocenters. The Balaban J connectivity index is 2.02. The molecule has 0 saturated heterocycles. The van der Waals surface area contributed by atoms with Crippen LogP contribution in [0.1, 0.15) is 5.56 Å². The molecule has 0 spiro atoms. The molecule has 124 valence electrons. The highest BCUT2D eigenvalue weighted by molar-refractivity contribution is 7.93. The van der Waals surface area contributed by atoms with Gasteiger partial charge in [-0.2, -0.15) is 5.26 Å². The average molecular weight is 356 g/mol. The second-order valence-electron chi connectivity index (χ2n) is 4.98. The Bertz CT molecular complexity index is 1170. The highest BCUT2D eigenvalue weighted by Gasteiger charge is 2.20. The van der Waals surface area contributed by atoms with E-state index in [0.29, 0.717) is 16.6 Å². The number of sulfonamides is 1. The topological polar surface area (TPSA) is 135 Å². The summed E-state index contributed by atoms with van der Waals surface area (Å²) < 4.78 is 41.2. The number of hydrogen-bond acceptors (Lipinski definition) is 4. The number of rotatable bonds is 4. The maximum absolute atomic E-state index is 13.9. The Labute approximate surface area is 141 Å². The van der Waals surface area contributed by atoms with Gasteiger partial charge in [-0.05, 0) is 29.8 Å². The van der Waals surface area contributed by atoms with Crippen molar-refractivity contribution in [2.45, 2.75) is 4.90 Å². The summed E-state index contributed by atoms with van der Waals surface area (Å²) in [6.07, 6.45) is 1.26. The van der Waals surface area contributed by atoms with Gasteiger partial charge in [0.15, 0.2) is 0 Å². The molecule has 1 aromatic heterocycles. The molecule has 2 N–H and O–H groups in total. The van der Waals surface area contributed by atoms with Crippen molar-refractivity contribution < 1.29 is 12.8 Å². The highest BCUT2D eigenvalue weighted by Crippen LogP contribution is 2.28. The van der Waals surface area contributed by atoms with E-state index in [-0.39, 0.29) is 16.1 Å². The molecule has 0 saturated carbocycles. The third-order valence-corrected chi connectivity index (χ3v) is 4.83. The van der Waals surface area contributed by atoms with E-state index in [1.807, 2.05) is 0 Å². The van der Waals surface area contributed by atoms with E-state index >= 15 is 0 Å². The number of fused-ring (bicyclic) bond motifs is 1. The van der Waals surface area contributed by atoms with Crippen LogP contribution in [0.5, 0.6) is 0 Å². The van der Waals surface area contributed by atoms with E-state index in [2.05, 4.69) is 19.7 Å². The number of nitrogens with one attached hydrogen (secondary N) is 2. The van der Waals surface area contributed by atoms with E-state index in [0.717, 1.165) is 6.07 Å². The van der Waals surface area contributed by atoms with Gasteiger partial charge < -0.3 is 4.98 Å². The summed E-state index contributed by atoms with van der Waals surface area (Å²) in [6, 6.07) is 9.65. The smallest absolute Gasteiger partial charge is 0.264 e. The Morgan fingerprint density at radius 1 is 1.28 bits per heavy atom. The van der Waals surface area contributed by atoms with E-state index in [4.69, 9.17) is 10.8 Å². The first kappa shape index (κ1) is 16.3. The second kappa shape index (κ2) is 6.16. The van der Waals surface area contributed by atoms with Crippen molar-refractivity contribution in [3.05, 3.63) is 64.4 Å². The van der Waals surface area contributed by atoms with Gasteiger partial charge in [0.05, 0.1) is 17.3 Å². The van der Waals surface area contributed by atoms with E-state index in [1.54, 1.807) is 6.07 Å². The van der Waals surface area contributed by atoms with Gasteiger partial charge in [0.1, 0.15) is 10.7 Å². The fourth-order valence-corrected chi connectivity index (χ4v) is 3.54. The number of hydrogen-bond donors (Lipinski definition) is 2. The van der Waals surface area contributed by atoms with Crippen molar-refractivity contribution in [3.8, 4) is 6.07 Å². The Kier molecular flexibility index (Phi) is 4.02. The zero-order chi connectivity index (χ0) is 18.0. The minimum absolute atomic E-state index is 0.0816. The lowest BCUT2D eigenvalue weighted by Gasteiger charge is -2.08. The monoisotopic (exact) mass is 356 g/mol. The third-order valence-electron chi connectivity index (χ3n) is 3.42.